The Labute approximate surface area is 192 Å². The molecule has 0 bridgehead atoms. The summed E-state index contributed by atoms with van der Waals surface area (Å²) >= 11 is 0. The Balaban J connectivity index is 1.62. The van der Waals surface area contributed by atoms with Crippen LogP contribution in [0.2, 0.25) is 0 Å². The molecule has 4 rings (SSSR count). The van der Waals surface area contributed by atoms with Crippen LogP contribution in [0.3, 0.4) is 0 Å². The van der Waals surface area contributed by atoms with Crippen LogP contribution in [0, 0.1) is 0 Å². The third-order valence-electron chi connectivity index (χ3n) is 5.45. The van der Waals surface area contributed by atoms with Crippen LogP contribution < -0.4 is 14.8 Å². The molecular weight excluding hydrogens is 422 g/mol. The second-order valence-corrected chi connectivity index (χ2v) is 7.53. The Morgan fingerprint density at radius 1 is 1.06 bits per heavy atom. The van der Waals surface area contributed by atoms with Gasteiger partial charge in [-0.2, -0.15) is 0 Å². The van der Waals surface area contributed by atoms with Crippen LogP contribution >= 0.6 is 0 Å². The Morgan fingerprint density at radius 3 is 2.55 bits per heavy atom. The number of methoxy groups -OCH3 is 2. The topological polar surface area (TPSA) is 86.3 Å². The van der Waals surface area contributed by atoms with Crippen LogP contribution in [0.5, 0.6) is 11.5 Å². The van der Waals surface area contributed by atoms with Crippen molar-refractivity contribution >= 4 is 28.3 Å². The van der Waals surface area contributed by atoms with Crippen molar-refractivity contribution in [3.8, 4) is 11.5 Å². The SMILES string of the molecule is COc1cc(OC)c(C=CC(=O)c2ccc3cc(NCCO)ccc3c2)c(C2OCCO2)c1. The lowest BCUT2D eigenvalue weighted by Crippen LogP contribution is -2.05. The Kier molecular flexibility index (Phi) is 7.24. The number of carbonyl (C=O) groups excluding carboxylic acids is 1. The minimum Gasteiger partial charge on any atom is -0.497 e. The molecule has 0 aromatic heterocycles. The number of carbonyl (C=O) groups is 1. The highest BCUT2D eigenvalue weighted by Gasteiger charge is 2.24. The lowest BCUT2D eigenvalue weighted by molar-refractivity contribution is -0.0444. The van der Waals surface area contributed by atoms with E-state index in [1.54, 1.807) is 32.4 Å². The first-order chi connectivity index (χ1) is 16.1. The summed E-state index contributed by atoms with van der Waals surface area (Å²) in [5.41, 5.74) is 2.95. The molecule has 0 saturated carbocycles. The highest BCUT2D eigenvalue weighted by Crippen LogP contribution is 2.36. The molecule has 172 valence electrons. The van der Waals surface area contributed by atoms with E-state index < -0.39 is 6.29 Å². The Bertz CT molecular complexity index is 1170. The number of aliphatic hydroxyl groups is 1. The van der Waals surface area contributed by atoms with Crippen molar-refractivity contribution < 1.29 is 28.8 Å². The van der Waals surface area contributed by atoms with Crippen LogP contribution in [0.25, 0.3) is 16.8 Å². The van der Waals surface area contributed by atoms with E-state index in [0.717, 1.165) is 22.0 Å². The van der Waals surface area contributed by atoms with Crippen molar-refractivity contribution in [1.29, 1.82) is 0 Å². The number of allylic oxidation sites excluding steroid dienone is 1. The van der Waals surface area contributed by atoms with Gasteiger partial charge in [-0.25, -0.2) is 0 Å². The number of nitrogens with one attached hydrogen (secondary N) is 1. The summed E-state index contributed by atoms with van der Waals surface area (Å²) in [7, 11) is 3.15. The molecule has 0 unspecified atom stereocenters. The lowest BCUT2D eigenvalue weighted by atomic mass is 10.0. The van der Waals surface area contributed by atoms with E-state index in [-0.39, 0.29) is 12.4 Å². The molecule has 7 heteroatoms. The van der Waals surface area contributed by atoms with Gasteiger partial charge in [-0.15, -0.1) is 0 Å². The molecule has 1 aliphatic rings. The Hall–Kier alpha value is -3.39. The number of hydrogen-bond donors (Lipinski definition) is 2. The third kappa shape index (κ3) is 5.17. The minimum atomic E-state index is -0.543. The normalized spacial score (nSPS) is 14.2. The van der Waals surface area contributed by atoms with E-state index in [2.05, 4.69) is 5.32 Å². The number of hydrogen-bond acceptors (Lipinski definition) is 7. The number of benzene rings is 3. The van der Waals surface area contributed by atoms with Gasteiger partial charge in [0, 0.05) is 35.0 Å². The highest BCUT2D eigenvalue weighted by molar-refractivity contribution is 6.09. The molecular formula is C26H27NO6. The van der Waals surface area contributed by atoms with Crippen LogP contribution in [-0.2, 0) is 9.47 Å². The van der Waals surface area contributed by atoms with Gasteiger partial charge in [-0.05, 0) is 47.2 Å². The number of ether oxygens (including phenoxy) is 4. The van der Waals surface area contributed by atoms with Crippen molar-refractivity contribution in [3.05, 3.63) is 71.3 Å². The van der Waals surface area contributed by atoms with Crippen molar-refractivity contribution in [3.63, 3.8) is 0 Å². The van der Waals surface area contributed by atoms with E-state index in [1.807, 2.05) is 36.4 Å². The summed E-state index contributed by atoms with van der Waals surface area (Å²) in [6.07, 6.45) is 2.71. The molecule has 3 aromatic carbocycles. The van der Waals surface area contributed by atoms with Gasteiger partial charge >= 0.3 is 0 Å². The predicted octanol–water partition coefficient (Wildman–Crippen LogP) is 4.20. The fourth-order valence-electron chi connectivity index (χ4n) is 3.78. The smallest absolute Gasteiger partial charge is 0.185 e. The number of rotatable bonds is 9. The summed E-state index contributed by atoms with van der Waals surface area (Å²) in [4.78, 5) is 13.0. The van der Waals surface area contributed by atoms with E-state index >= 15 is 0 Å². The standard InChI is InChI=1S/C26H27NO6/c1-30-21-15-23(26-32-11-12-33-26)22(25(16-21)31-2)7-8-24(29)19-4-3-18-14-20(27-9-10-28)6-5-17(18)13-19/h3-8,13-16,26-28H,9-12H2,1-2H3. The zero-order valence-corrected chi connectivity index (χ0v) is 18.7. The molecule has 0 aliphatic carbocycles. The minimum absolute atomic E-state index is 0.0670. The van der Waals surface area contributed by atoms with Gasteiger partial charge < -0.3 is 29.4 Å². The maximum atomic E-state index is 13.0. The largest absolute Gasteiger partial charge is 0.497 e. The zero-order valence-electron chi connectivity index (χ0n) is 18.7. The van der Waals surface area contributed by atoms with Crippen molar-refractivity contribution in [2.75, 3.05) is 45.9 Å². The number of ketones is 1. The third-order valence-corrected chi connectivity index (χ3v) is 5.45. The maximum Gasteiger partial charge on any atom is 0.185 e. The van der Waals surface area contributed by atoms with Gasteiger partial charge in [0.2, 0.25) is 0 Å². The summed E-state index contributed by atoms with van der Waals surface area (Å²) < 4.78 is 22.3. The van der Waals surface area contributed by atoms with Crippen LogP contribution in [-0.4, -0.2) is 51.5 Å². The average molecular weight is 450 g/mol. The monoisotopic (exact) mass is 449 g/mol. The first-order valence-corrected chi connectivity index (χ1v) is 10.7. The van der Waals surface area contributed by atoms with Crippen molar-refractivity contribution in [2.24, 2.45) is 0 Å². The molecule has 0 spiro atoms. The first kappa shape index (κ1) is 22.8. The number of anilines is 1. The molecule has 0 radical (unpaired) electrons. The van der Waals surface area contributed by atoms with Gasteiger partial charge in [0.15, 0.2) is 12.1 Å². The highest BCUT2D eigenvalue weighted by atomic mass is 16.7. The lowest BCUT2D eigenvalue weighted by Gasteiger charge is -2.17. The predicted molar refractivity (Wildman–Crippen MR) is 127 cm³/mol. The van der Waals surface area contributed by atoms with Crippen molar-refractivity contribution in [1.82, 2.24) is 0 Å². The second kappa shape index (κ2) is 10.5. The fraction of sp³-hybridized carbons (Fsp3) is 0.269. The number of aliphatic hydroxyl groups excluding tert-OH is 1. The molecule has 2 N–H and O–H groups in total. The molecule has 0 atom stereocenters. The van der Waals surface area contributed by atoms with E-state index in [0.29, 0.717) is 42.4 Å². The first-order valence-electron chi connectivity index (χ1n) is 10.7. The van der Waals surface area contributed by atoms with E-state index in [4.69, 9.17) is 24.1 Å². The molecule has 33 heavy (non-hydrogen) atoms. The molecule has 1 fully saturated rings. The fourth-order valence-corrected chi connectivity index (χ4v) is 3.78. The quantitative estimate of drug-likeness (QED) is 0.374. The van der Waals surface area contributed by atoms with Crippen LogP contribution in [0.15, 0.2) is 54.6 Å². The van der Waals surface area contributed by atoms with Gasteiger partial charge in [0.1, 0.15) is 11.5 Å². The summed E-state index contributed by atoms with van der Waals surface area (Å²) in [6, 6.07) is 15.1. The molecule has 1 heterocycles. The second-order valence-electron chi connectivity index (χ2n) is 7.53. The Morgan fingerprint density at radius 2 is 1.82 bits per heavy atom. The average Bonchev–Trinajstić information content (AvgIpc) is 3.40. The summed E-state index contributed by atoms with van der Waals surface area (Å²) in [6.45, 7) is 1.55. The number of fused-ring (bicyclic) bond motifs is 1. The van der Waals surface area contributed by atoms with Crippen LogP contribution in [0.4, 0.5) is 5.69 Å². The zero-order chi connectivity index (χ0) is 23.2. The summed E-state index contributed by atoms with van der Waals surface area (Å²) in [5.74, 6) is 1.05. The molecule has 7 nitrogen and oxygen atoms in total. The van der Waals surface area contributed by atoms with Gasteiger partial charge in [0.25, 0.3) is 0 Å². The van der Waals surface area contributed by atoms with Gasteiger partial charge in [-0.1, -0.05) is 18.2 Å². The van der Waals surface area contributed by atoms with Gasteiger partial charge in [-0.3, -0.25) is 4.79 Å². The van der Waals surface area contributed by atoms with E-state index in [9.17, 15) is 4.79 Å². The molecule has 0 amide bonds. The van der Waals surface area contributed by atoms with E-state index in [1.165, 1.54) is 6.08 Å². The van der Waals surface area contributed by atoms with Gasteiger partial charge in [0.05, 0.1) is 34.0 Å². The molecule has 1 aliphatic heterocycles. The summed E-state index contributed by atoms with van der Waals surface area (Å²) in [5, 5.41) is 14.1. The van der Waals surface area contributed by atoms with Crippen LogP contribution in [0.1, 0.15) is 27.8 Å². The van der Waals surface area contributed by atoms with Crippen molar-refractivity contribution in [2.45, 2.75) is 6.29 Å². The maximum absolute atomic E-state index is 13.0. The molecule has 1 saturated heterocycles. The molecule has 3 aromatic rings.